The number of methoxy groups -OCH3 is 1. The average Bonchev–Trinajstić information content (AvgIpc) is 3.59. The quantitative estimate of drug-likeness (QED) is 0.625. The van der Waals surface area contributed by atoms with Crippen LogP contribution < -0.4 is 15.0 Å². The molecule has 1 aliphatic rings. The van der Waals surface area contributed by atoms with Gasteiger partial charge in [-0.2, -0.15) is 0 Å². The van der Waals surface area contributed by atoms with Crippen LogP contribution in [-0.4, -0.2) is 36.0 Å². The second-order valence-electron chi connectivity index (χ2n) is 7.49. The second-order valence-corrected chi connectivity index (χ2v) is 8.82. The van der Waals surface area contributed by atoms with E-state index in [9.17, 15) is 14.0 Å². The number of benzene rings is 2. The Morgan fingerprint density at radius 3 is 2.33 bits per heavy atom. The number of thioether (sulfide) groups is 1. The molecule has 1 saturated carbocycles. The molecule has 5 nitrogen and oxygen atoms in total. The molecule has 2 atom stereocenters. The topological polar surface area (TPSA) is 58.6 Å². The SMILES string of the molecule is COc1ccc(N(C(=O)C(C)SCC(=O)Nc2ccc(F)cc2)C(C)C2CC2)cc1. The number of anilines is 2. The van der Waals surface area contributed by atoms with E-state index in [-0.39, 0.29) is 34.7 Å². The molecule has 0 saturated heterocycles. The summed E-state index contributed by atoms with van der Waals surface area (Å²) in [6.07, 6.45) is 2.26. The van der Waals surface area contributed by atoms with Crippen LogP contribution in [0.25, 0.3) is 0 Å². The van der Waals surface area contributed by atoms with Crippen molar-refractivity contribution in [1.29, 1.82) is 0 Å². The Kier molecular flexibility index (Phi) is 7.37. The van der Waals surface area contributed by atoms with Crippen molar-refractivity contribution < 1.29 is 18.7 Å². The summed E-state index contributed by atoms with van der Waals surface area (Å²) >= 11 is 1.29. The fourth-order valence-electron chi connectivity index (χ4n) is 3.29. The number of amides is 2. The van der Waals surface area contributed by atoms with Gasteiger partial charge in [-0.3, -0.25) is 9.59 Å². The Morgan fingerprint density at radius 1 is 1.13 bits per heavy atom. The van der Waals surface area contributed by atoms with Gasteiger partial charge in [-0.1, -0.05) is 0 Å². The summed E-state index contributed by atoms with van der Waals surface area (Å²) in [6, 6.07) is 13.2. The third kappa shape index (κ3) is 5.75. The van der Waals surface area contributed by atoms with E-state index in [0.717, 1.165) is 24.3 Å². The van der Waals surface area contributed by atoms with Crippen LogP contribution in [0.1, 0.15) is 26.7 Å². The van der Waals surface area contributed by atoms with Crippen LogP contribution in [0.4, 0.5) is 15.8 Å². The maximum absolute atomic E-state index is 13.3. The highest BCUT2D eigenvalue weighted by atomic mass is 32.2. The Morgan fingerprint density at radius 2 is 1.77 bits per heavy atom. The molecule has 1 aliphatic carbocycles. The van der Waals surface area contributed by atoms with E-state index in [1.807, 2.05) is 36.1 Å². The monoisotopic (exact) mass is 430 g/mol. The molecular weight excluding hydrogens is 403 g/mol. The van der Waals surface area contributed by atoms with E-state index in [2.05, 4.69) is 12.2 Å². The van der Waals surface area contributed by atoms with Crippen molar-refractivity contribution in [3.63, 3.8) is 0 Å². The fraction of sp³-hybridized carbons (Fsp3) is 0.391. The third-order valence-electron chi connectivity index (χ3n) is 5.24. The average molecular weight is 431 g/mol. The van der Waals surface area contributed by atoms with Gasteiger partial charge in [0.05, 0.1) is 18.1 Å². The zero-order valence-corrected chi connectivity index (χ0v) is 18.2. The molecule has 2 aromatic carbocycles. The van der Waals surface area contributed by atoms with E-state index >= 15 is 0 Å². The normalized spacial score (nSPS) is 15.2. The summed E-state index contributed by atoms with van der Waals surface area (Å²) in [5.41, 5.74) is 1.37. The Labute approximate surface area is 181 Å². The zero-order chi connectivity index (χ0) is 21.7. The van der Waals surface area contributed by atoms with Crippen molar-refractivity contribution in [3.8, 4) is 5.75 Å². The fourth-order valence-corrected chi connectivity index (χ4v) is 4.02. The lowest BCUT2D eigenvalue weighted by Crippen LogP contribution is -2.44. The minimum absolute atomic E-state index is 0.0147. The van der Waals surface area contributed by atoms with Crippen LogP contribution in [0, 0.1) is 11.7 Å². The van der Waals surface area contributed by atoms with Crippen LogP contribution in [0.2, 0.25) is 0 Å². The van der Waals surface area contributed by atoms with Crippen molar-refractivity contribution in [2.24, 2.45) is 5.92 Å². The minimum Gasteiger partial charge on any atom is -0.497 e. The molecule has 3 rings (SSSR count). The van der Waals surface area contributed by atoms with Gasteiger partial charge in [0, 0.05) is 17.4 Å². The number of nitrogens with zero attached hydrogens (tertiary/aromatic N) is 1. The van der Waals surface area contributed by atoms with Gasteiger partial charge in [0.15, 0.2) is 0 Å². The number of hydrogen-bond donors (Lipinski definition) is 1. The van der Waals surface area contributed by atoms with E-state index < -0.39 is 0 Å². The molecule has 7 heteroatoms. The van der Waals surface area contributed by atoms with Crippen molar-refractivity contribution in [2.45, 2.75) is 38.0 Å². The van der Waals surface area contributed by atoms with Crippen LogP contribution in [0.5, 0.6) is 5.75 Å². The van der Waals surface area contributed by atoms with Crippen LogP contribution in [-0.2, 0) is 9.59 Å². The molecule has 2 aromatic rings. The third-order valence-corrected chi connectivity index (χ3v) is 6.37. The maximum atomic E-state index is 13.3. The molecule has 1 N–H and O–H groups in total. The van der Waals surface area contributed by atoms with Gasteiger partial charge < -0.3 is 15.0 Å². The summed E-state index contributed by atoms with van der Waals surface area (Å²) in [4.78, 5) is 27.4. The van der Waals surface area contributed by atoms with Crippen molar-refractivity contribution in [1.82, 2.24) is 0 Å². The molecule has 0 spiro atoms. The van der Waals surface area contributed by atoms with E-state index in [1.165, 1.54) is 36.0 Å². The number of carbonyl (C=O) groups is 2. The molecule has 0 bridgehead atoms. The Hall–Kier alpha value is -2.54. The first-order valence-electron chi connectivity index (χ1n) is 10.0. The summed E-state index contributed by atoms with van der Waals surface area (Å²) < 4.78 is 18.2. The van der Waals surface area contributed by atoms with Crippen LogP contribution in [0.15, 0.2) is 48.5 Å². The molecule has 160 valence electrons. The van der Waals surface area contributed by atoms with Crippen molar-refractivity contribution >= 4 is 35.0 Å². The summed E-state index contributed by atoms with van der Waals surface area (Å²) in [7, 11) is 1.61. The number of nitrogens with one attached hydrogen (secondary N) is 1. The van der Waals surface area contributed by atoms with Gasteiger partial charge in [0.1, 0.15) is 11.6 Å². The smallest absolute Gasteiger partial charge is 0.240 e. The van der Waals surface area contributed by atoms with E-state index in [0.29, 0.717) is 11.6 Å². The molecule has 30 heavy (non-hydrogen) atoms. The molecule has 0 aliphatic heterocycles. The van der Waals surface area contributed by atoms with Gasteiger partial charge in [-0.25, -0.2) is 4.39 Å². The summed E-state index contributed by atoms with van der Waals surface area (Å²) in [5, 5.41) is 2.34. The molecule has 0 heterocycles. The Balaban J connectivity index is 1.62. The highest BCUT2D eigenvalue weighted by Gasteiger charge is 2.36. The Bertz CT molecular complexity index is 869. The molecular formula is C23H27FN2O3S. The van der Waals surface area contributed by atoms with Gasteiger partial charge in [-0.05, 0) is 81.1 Å². The molecule has 2 amide bonds. The van der Waals surface area contributed by atoms with Gasteiger partial charge >= 0.3 is 0 Å². The van der Waals surface area contributed by atoms with Crippen LogP contribution in [0.3, 0.4) is 0 Å². The maximum Gasteiger partial charge on any atom is 0.240 e. The number of hydrogen-bond acceptors (Lipinski definition) is 4. The molecule has 1 fully saturated rings. The number of halogens is 1. The highest BCUT2D eigenvalue weighted by molar-refractivity contribution is 8.01. The molecule has 0 radical (unpaired) electrons. The lowest BCUT2D eigenvalue weighted by atomic mass is 10.1. The van der Waals surface area contributed by atoms with Crippen molar-refractivity contribution in [3.05, 3.63) is 54.3 Å². The molecule has 0 aromatic heterocycles. The second kappa shape index (κ2) is 9.98. The predicted octanol–water partition coefficient (Wildman–Crippen LogP) is 4.73. The highest BCUT2D eigenvalue weighted by Crippen LogP contribution is 2.38. The van der Waals surface area contributed by atoms with Crippen LogP contribution >= 0.6 is 11.8 Å². The van der Waals surface area contributed by atoms with Gasteiger partial charge in [0.25, 0.3) is 0 Å². The summed E-state index contributed by atoms with van der Waals surface area (Å²) in [6.45, 7) is 3.91. The van der Waals surface area contributed by atoms with E-state index in [4.69, 9.17) is 4.74 Å². The minimum atomic E-state index is -0.382. The number of carbonyl (C=O) groups excluding carboxylic acids is 2. The predicted molar refractivity (Wildman–Crippen MR) is 120 cm³/mol. The van der Waals surface area contributed by atoms with Gasteiger partial charge in [-0.15, -0.1) is 11.8 Å². The lowest BCUT2D eigenvalue weighted by molar-refractivity contribution is -0.118. The van der Waals surface area contributed by atoms with E-state index in [1.54, 1.807) is 7.11 Å². The molecule has 2 unspecified atom stereocenters. The largest absolute Gasteiger partial charge is 0.497 e. The number of rotatable bonds is 9. The lowest BCUT2D eigenvalue weighted by Gasteiger charge is -2.32. The first-order valence-corrected chi connectivity index (χ1v) is 11.1. The standard InChI is InChI=1S/C23H27FN2O3S/c1-15(17-4-5-17)26(20-10-12-21(29-3)13-11-20)23(28)16(2)30-14-22(27)25-19-8-6-18(24)7-9-19/h6-13,15-17H,4-5,14H2,1-3H3,(H,25,27). The first-order chi connectivity index (χ1) is 14.4. The zero-order valence-electron chi connectivity index (χ0n) is 17.4. The first kappa shape index (κ1) is 22.2. The summed E-state index contributed by atoms with van der Waals surface area (Å²) in [5.74, 6) is 0.792. The van der Waals surface area contributed by atoms with Gasteiger partial charge in [0.2, 0.25) is 11.8 Å². The van der Waals surface area contributed by atoms with Crippen molar-refractivity contribution in [2.75, 3.05) is 23.1 Å². The number of ether oxygens (including phenoxy) is 1.